The highest BCUT2D eigenvalue weighted by molar-refractivity contribution is 5.27. The molecule has 1 aliphatic rings. The minimum absolute atomic E-state index is 0.241. The predicted molar refractivity (Wildman–Crippen MR) is 97.0 cm³/mol. The zero-order valence-electron chi connectivity index (χ0n) is 14.4. The molecule has 0 amide bonds. The summed E-state index contributed by atoms with van der Waals surface area (Å²) in [7, 11) is 0. The van der Waals surface area contributed by atoms with Gasteiger partial charge in [-0.25, -0.2) is 0 Å². The first-order chi connectivity index (χ1) is 10.5. The summed E-state index contributed by atoms with van der Waals surface area (Å²) in [4.78, 5) is 0. The molecule has 0 saturated heterocycles. The highest BCUT2D eigenvalue weighted by Crippen LogP contribution is 2.40. The molecule has 2 rings (SSSR count). The molecule has 2 atom stereocenters. The summed E-state index contributed by atoms with van der Waals surface area (Å²) < 4.78 is 0. The average molecular weight is 297 g/mol. The van der Waals surface area contributed by atoms with E-state index in [0.717, 1.165) is 24.9 Å². The van der Waals surface area contributed by atoms with E-state index in [1.54, 1.807) is 0 Å². The van der Waals surface area contributed by atoms with Crippen LogP contribution in [0.25, 0.3) is 0 Å². The molecule has 1 aromatic carbocycles. The quantitative estimate of drug-likeness (QED) is 0.511. The molecular formula is C21H31N. The van der Waals surface area contributed by atoms with Crippen LogP contribution in [0.4, 0.5) is 0 Å². The maximum Gasteiger partial charge on any atom is 0.0205 e. The van der Waals surface area contributed by atoms with E-state index in [2.05, 4.69) is 75.2 Å². The molecule has 0 unspecified atom stereocenters. The van der Waals surface area contributed by atoms with Crippen molar-refractivity contribution >= 4 is 0 Å². The van der Waals surface area contributed by atoms with Crippen molar-refractivity contribution < 1.29 is 0 Å². The molecular weight excluding hydrogens is 266 g/mol. The Labute approximate surface area is 136 Å². The molecule has 1 aliphatic carbocycles. The smallest absolute Gasteiger partial charge is 0.0205 e. The Hall–Kier alpha value is -1.34. The van der Waals surface area contributed by atoms with Crippen molar-refractivity contribution in [1.82, 2.24) is 5.32 Å². The number of allylic oxidation sites excluding steroid dienone is 3. The van der Waals surface area contributed by atoms with Crippen LogP contribution in [0.2, 0.25) is 0 Å². The summed E-state index contributed by atoms with van der Waals surface area (Å²) in [6.45, 7) is 12.7. The fraction of sp³-hybridized carbons (Fsp3) is 0.524. The maximum atomic E-state index is 3.85. The largest absolute Gasteiger partial charge is 0.313 e. The van der Waals surface area contributed by atoms with Crippen molar-refractivity contribution in [2.45, 2.75) is 52.0 Å². The first-order valence-corrected chi connectivity index (χ1v) is 8.60. The van der Waals surface area contributed by atoms with Crippen molar-refractivity contribution in [2.24, 2.45) is 11.8 Å². The van der Waals surface area contributed by atoms with Gasteiger partial charge in [0.2, 0.25) is 0 Å². The van der Waals surface area contributed by atoms with Gasteiger partial charge in [-0.1, -0.05) is 63.3 Å². The van der Waals surface area contributed by atoms with Gasteiger partial charge in [0.05, 0.1) is 0 Å². The molecule has 1 heteroatoms. The second-order valence-corrected chi connectivity index (χ2v) is 7.49. The predicted octanol–water partition coefficient (Wildman–Crippen LogP) is 5.23. The Morgan fingerprint density at radius 2 is 1.91 bits per heavy atom. The van der Waals surface area contributed by atoms with Gasteiger partial charge in [-0.05, 0) is 54.2 Å². The molecule has 1 fully saturated rings. The minimum Gasteiger partial charge on any atom is -0.313 e. The summed E-state index contributed by atoms with van der Waals surface area (Å²) in [5, 5.41) is 3.53. The fourth-order valence-corrected chi connectivity index (χ4v) is 2.70. The van der Waals surface area contributed by atoms with Crippen molar-refractivity contribution in [1.29, 1.82) is 0 Å². The molecule has 120 valence electrons. The van der Waals surface area contributed by atoms with E-state index < -0.39 is 0 Å². The summed E-state index contributed by atoms with van der Waals surface area (Å²) in [6.07, 6.45) is 10.5. The number of hydrogen-bond donors (Lipinski definition) is 1. The summed E-state index contributed by atoms with van der Waals surface area (Å²) in [5.41, 5.74) is 3.01. The van der Waals surface area contributed by atoms with Crippen LogP contribution < -0.4 is 5.32 Å². The number of unbranched alkanes of at least 4 members (excludes halogenated alkanes) is 1. The highest BCUT2D eigenvalue weighted by atomic mass is 14.8. The van der Waals surface area contributed by atoms with Gasteiger partial charge >= 0.3 is 0 Å². The third-order valence-corrected chi connectivity index (χ3v) is 4.45. The molecule has 1 aromatic rings. The normalized spacial score (nSPS) is 21.2. The Morgan fingerprint density at radius 1 is 1.18 bits per heavy atom. The van der Waals surface area contributed by atoms with E-state index in [0.29, 0.717) is 0 Å². The molecule has 0 spiro atoms. The lowest BCUT2D eigenvalue weighted by atomic mass is 9.87. The Kier molecular flexibility index (Phi) is 6.02. The number of nitrogens with one attached hydrogen (secondary N) is 1. The average Bonchev–Trinajstić information content (AvgIpc) is 3.24. The second kappa shape index (κ2) is 7.78. The van der Waals surface area contributed by atoms with Crippen LogP contribution >= 0.6 is 0 Å². The van der Waals surface area contributed by atoms with Gasteiger partial charge in [0.25, 0.3) is 0 Å². The summed E-state index contributed by atoms with van der Waals surface area (Å²) >= 11 is 0. The Bertz CT molecular complexity index is 490. The zero-order valence-corrected chi connectivity index (χ0v) is 14.4. The first kappa shape index (κ1) is 17.0. The van der Waals surface area contributed by atoms with E-state index in [4.69, 9.17) is 0 Å². The molecule has 0 heterocycles. The van der Waals surface area contributed by atoms with Gasteiger partial charge in [0.1, 0.15) is 0 Å². The molecule has 0 aliphatic heterocycles. The lowest BCUT2D eigenvalue weighted by Gasteiger charge is -2.19. The zero-order chi connectivity index (χ0) is 16.0. The van der Waals surface area contributed by atoms with Crippen LogP contribution in [-0.4, -0.2) is 6.54 Å². The summed E-state index contributed by atoms with van der Waals surface area (Å²) in [6, 6.07) is 9.00. The number of rotatable bonds is 8. The molecule has 1 saturated carbocycles. The van der Waals surface area contributed by atoms with Crippen molar-refractivity contribution in [3.63, 3.8) is 0 Å². The first-order valence-electron chi connectivity index (χ1n) is 8.60. The van der Waals surface area contributed by atoms with Gasteiger partial charge in [-0.2, -0.15) is 0 Å². The standard InChI is InChI=1S/C21H31N/c1-5-18-15-19(18)9-7-6-8-14-22-16-17-10-12-20(13-11-17)21(2,3)4/h5,7,9-13,18-19,22H,1,6,8,14-16H2,2-4H3/b9-7-/t18-,19+/m0/s1. The Balaban J connectivity index is 1.58. The molecule has 0 bridgehead atoms. The van der Waals surface area contributed by atoms with Crippen LogP contribution in [0.1, 0.15) is 51.2 Å². The van der Waals surface area contributed by atoms with Crippen molar-refractivity contribution in [3.05, 3.63) is 60.2 Å². The van der Waals surface area contributed by atoms with Gasteiger partial charge in [-0.15, -0.1) is 6.58 Å². The van der Waals surface area contributed by atoms with Gasteiger partial charge < -0.3 is 5.32 Å². The van der Waals surface area contributed by atoms with Crippen molar-refractivity contribution in [2.75, 3.05) is 6.54 Å². The number of benzene rings is 1. The fourth-order valence-electron chi connectivity index (χ4n) is 2.70. The van der Waals surface area contributed by atoms with E-state index in [9.17, 15) is 0 Å². The van der Waals surface area contributed by atoms with E-state index >= 15 is 0 Å². The molecule has 0 radical (unpaired) electrons. The van der Waals surface area contributed by atoms with Crippen LogP contribution in [0.15, 0.2) is 49.1 Å². The van der Waals surface area contributed by atoms with Crippen LogP contribution in [0.3, 0.4) is 0 Å². The minimum atomic E-state index is 0.241. The lowest BCUT2D eigenvalue weighted by Crippen LogP contribution is -2.15. The third-order valence-electron chi connectivity index (χ3n) is 4.45. The second-order valence-electron chi connectivity index (χ2n) is 7.49. The topological polar surface area (TPSA) is 12.0 Å². The van der Waals surface area contributed by atoms with Crippen LogP contribution in [0, 0.1) is 11.8 Å². The SMILES string of the molecule is C=C[C@H]1C[C@H]1/C=C\CCCNCc1ccc(C(C)(C)C)cc1. The molecule has 0 aromatic heterocycles. The maximum absolute atomic E-state index is 3.85. The van der Waals surface area contributed by atoms with Crippen LogP contribution in [-0.2, 0) is 12.0 Å². The third kappa shape index (κ3) is 5.46. The van der Waals surface area contributed by atoms with Gasteiger partial charge in [-0.3, -0.25) is 0 Å². The monoisotopic (exact) mass is 297 g/mol. The highest BCUT2D eigenvalue weighted by Gasteiger charge is 2.31. The molecule has 1 nitrogen and oxygen atoms in total. The number of hydrogen-bond acceptors (Lipinski definition) is 1. The lowest BCUT2D eigenvalue weighted by molar-refractivity contribution is 0.589. The Morgan fingerprint density at radius 3 is 2.50 bits per heavy atom. The van der Waals surface area contributed by atoms with E-state index in [-0.39, 0.29) is 5.41 Å². The van der Waals surface area contributed by atoms with E-state index in [1.807, 2.05) is 0 Å². The summed E-state index contributed by atoms with van der Waals surface area (Å²) in [5.74, 6) is 1.54. The molecule has 1 N–H and O–H groups in total. The van der Waals surface area contributed by atoms with Crippen molar-refractivity contribution in [3.8, 4) is 0 Å². The van der Waals surface area contributed by atoms with E-state index in [1.165, 1.54) is 30.4 Å². The van der Waals surface area contributed by atoms with Gasteiger partial charge in [0.15, 0.2) is 0 Å². The van der Waals surface area contributed by atoms with Gasteiger partial charge in [0, 0.05) is 6.54 Å². The molecule has 22 heavy (non-hydrogen) atoms. The van der Waals surface area contributed by atoms with Crippen LogP contribution in [0.5, 0.6) is 0 Å².